The Balaban J connectivity index is 1.95. The number of nitro groups is 1. The second kappa shape index (κ2) is 6.92. The minimum absolute atomic E-state index is 0.166. The summed E-state index contributed by atoms with van der Waals surface area (Å²) in [5.74, 6) is -0.429. The quantitative estimate of drug-likeness (QED) is 0.270. The van der Waals surface area contributed by atoms with Gasteiger partial charge in [-0.1, -0.05) is 11.6 Å². The molecular weight excluding hydrogens is 376 g/mol. The van der Waals surface area contributed by atoms with Gasteiger partial charge in [0.25, 0.3) is 11.6 Å². The fourth-order valence-corrected chi connectivity index (χ4v) is 2.60. The van der Waals surface area contributed by atoms with Crippen molar-refractivity contribution in [2.75, 3.05) is 7.05 Å². The molecule has 0 saturated carbocycles. The van der Waals surface area contributed by atoms with Gasteiger partial charge in [-0.3, -0.25) is 30.2 Å². The molecule has 3 aromatic rings. The Kier molecular flexibility index (Phi) is 4.65. The van der Waals surface area contributed by atoms with Crippen LogP contribution in [0.5, 0.6) is 11.5 Å². The molecule has 138 valence electrons. The lowest BCUT2D eigenvalue weighted by molar-refractivity contribution is -0.385. The summed E-state index contributed by atoms with van der Waals surface area (Å²) in [7, 11) is 1.38. The van der Waals surface area contributed by atoms with Gasteiger partial charge in [-0.05, 0) is 6.07 Å². The Labute approximate surface area is 157 Å². The molecule has 2 heterocycles. The lowest BCUT2D eigenvalue weighted by Crippen LogP contribution is -2.38. The summed E-state index contributed by atoms with van der Waals surface area (Å²) in [4.78, 5) is 30.2. The molecule has 11 heteroatoms. The number of carbonyl (C=O) groups excluding carboxylic acids is 1. The van der Waals surface area contributed by atoms with Crippen LogP contribution in [0.2, 0.25) is 5.02 Å². The highest BCUT2D eigenvalue weighted by molar-refractivity contribution is 6.35. The average molecular weight is 389 g/mol. The molecule has 3 rings (SSSR count). The van der Waals surface area contributed by atoms with E-state index in [1.807, 2.05) is 0 Å². The molecule has 10 nitrogen and oxygen atoms in total. The number of hydrogen-bond donors (Lipinski definition) is 3. The van der Waals surface area contributed by atoms with Crippen LogP contribution in [0.4, 0.5) is 5.69 Å². The van der Waals surface area contributed by atoms with E-state index in [2.05, 4.69) is 9.97 Å². The van der Waals surface area contributed by atoms with E-state index in [0.717, 1.165) is 11.1 Å². The lowest BCUT2D eigenvalue weighted by atomic mass is 10.2. The van der Waals surface area contributed by atoms with Crippen molar-refractivity contribution in [3.63, 3.8) is 0 Å². The zero-order valence-corrected chi connectivity index (χ0v) is 14.6. The molecule has 0 radical (unpaired) electrons. The number of benzene rings is 1. The van der Waals surface area contributed by atoms with Crippen LogP contribution in [-0.2, 0) is 0 Å². The molecule has 0 bridgehead atoms. The maximum Gasteiger partial charge on any atom is 0.291 e. The van der Waals surface area contributed by atoms with Crippen molar-refractivity contribution in [2.45, 2.75) is 0 Å². The van der Waals surface area contributed by atoms with Gasteiger partial charge in [-0.2, -0.15) is 0 Å². The van der Waals surface area contributed by atoms with Crippen molar-refractivity contribution in [1.82, 2.24) is 14.9 Å². The van der Waals surface area contributed by atoms with Crippen LogP contribution in [0.25, 0.3) is 10.9 Å². The predicted octanol–water partition coefficient (Wildman–Crippen LogP) is 2.88. The molecule has 27 heavy (non-hydrogen) atoms. The molecule has 1 amide bonds. The van der Waals surface area contributed by atoms with Gasteiger partial charge in [0, 0.05) is 24.6 Å². The van der Waals surface area contributed by atoms with Gasteiger partial charge < -0.3 is 15.5 Å². The number of ether oxygens (including phenoxy) is 1. The summed E-state index contributed by atoms with van der Waals surface area (Å²) in [5, 5.41) is 19.0. The predicted molar refractivity (Wildman–Crippen MR) is 98.3 cm³/mol. The van der Waals surface area contributed by atoms with Crippen LogP contribution in [-0.4, -0.2) is 38.7 Å². The van der Waals surface area contributed by atoms with Gasteiger partial charge in [-0.15, -0.1) is 0 Å². The third-order valence-corrected chi connectivity index (χ3v) is 4.02. The van der Waals surface area contributed by atoms with E-state index >= 15 is 0 Å². The second-order valence-electron chi connectivity index (χ2n) is 5.54. The number of aromatic amines is 1. The highest BCUT2D eigenvalue weighted by Gasteiger charge is 2.18. The standard InChI is InChI=1S/C16H13ClN6O4/c1-22(16(18)19)15(24)14-5-11-12(17)3-9(4-13(11)21-14)27-10-2-8(23(25)26)6-20-7-10/h2-7,21H,1H3,(H3,18,19). The Morgan fingerprint density at radius 2 is 2.07 bits per heavy atom. The van der Waals surface area contributed by atoms with Crippen molar-refractivity contribution in [3.05, 3.63) is 57.5 Å². The van der Waals surface area contributed by atoms with Crippen LogP contribution < -0.4 is 10.5 Å². The highest BCUT2D eigenvalue weighted by atomic mass is 35.5. The second-order valence-corrected chi connectivity index (χ2v) is 5.94. The number of nitrogens with two attached hydrogens (primary N) is 1. The summed E-state index contributed by atoms with van der Waals surface area (Å²) in [5.41, 5.74) is 5.81. The first-order chi connectivity index (χ1) is 12.8. The van der Waals surface area contributed by atoms with Gasteiger partial charge >= 0.3 is 0 Å². The zero-order chi connectivity index (χ0) is 19.7. The van der Waals surface area contributed by atoms with E-state index in [0.29, 0.717) is 21.7 Å². The van der Waals surface area contributed by atoms with Gasteiger partial charge in [0.1, 0.15) is 17.6 Å². The number of fused-ring (bicyclic) bond motifs is 1. The molecule has 0 atom stereocenters. The van der Waals surface area contributed by atoms with E-state index in [1.54, 1.807) is 6.07 Å². The Hall–Kier alpha value is -3.66. The molecule has 0 fully saturated rings. The molecule has 0 unspecified atom stereocenters. The van der Waals surface area contributed by atoms with E-state index < -0.39 is 16.8 Å². The van der Waals surface area contributed by atoms with Crippen LogP contribution in [0.3, 0.4) is 0 Å². The summed E-state index contributed by atoms with van der Waals surface area (Å²) in [6, 6.07) is 5.87. The molecule has 0 aliphatic carbocycles. The van der Waals surface area contributed by atoms with Crippen molar-refractivity contribution in [2.24, 2.45) is 5.73 Å². The first-order valence-corrected chi connectivity index (χ1v) is 7.85. The van der Waals surface area contributed by atoms with Crippen molar-refractivity contribution < 1.29 is 14.5 Å². The van der Waals surface area contributed by atoms with Gasteiger partial charge in [0.15, 0.2) is 11.7 Å². The fraction of sp³-hybridized carbons (Fsp3) is 0.0625. The Morgan fingerprint density at radius 3 is 2.74 bits per heavy atom. The molecule has 0 aliphatic rings. The van der Waals surface area contributed by atoms with Crippen LogP contribution in [0.1, 0.15) is 10.5 Å². The molecule has 0 saturated heterocycles. The molecule has 0 aliphatic heterocycles. The molecule has 1 aromatic carbocycles. The first-order valence-electron chi connectivity index (χ1n) is 7.48. The first kappa shape index (κ1) is 18.1. The smallest absolute Gasteiger partial charge is 0.291 e. The number of aromatic nitrogens is 2. The summed E-state index contributed by atoms with van der Waals surface area (Å²) < 4.78 is 5.59. The molecule has 2 aromatic heterocycles. The third kappa shape index (κ3) is 3.65. The topological polar surface area (TPSA) is 151 Å². The van der Waals surface area contributed by atoms with E-state index in [-0.39, 0.29) is 17.1 Å². The van der Waals surface area contributed by atoms with Crippen LogP contribution in [0.15, 0.2) is 36.7 Å². The Morgan fingerprint density at radius 1 is 1.33 bits per heavy atom. The van der Waals surface area contributed by atoms with Crippen LogP contribution >= 0.6 is 11.6 Å². The number of pyridine rings is 1. The van der Waals surface area contributed by atoms with Crippen molar-refractivity contribution >= 4 is 40.1 Å². The number of guanidine groups is 1. The zero-order valence-electron chi connectivity index (χ0n) is 13.9. The van der Waals surface area contributed by atoms with Gasteiger partial charge in [0.05, 0.1) is 27.7 Å². The summed E-state index contributed by atoms with van der Waals surface area (Å²) in [6.45, 7) is 0. The molecule has 4 N–H and O–H groups in total. The SMILES string of the molecule is CN(C(=N)N)C(=O)c1cc2c(Cl)cc(Oc3cncc([N+](=O)[O-])c3)cc2[nH]1. The van der Waals surface area contributed by atoms with E-state index in [9.17, 15) is 14.9 Å². The largest absolute Gasteiger partial charge is 0.455 e. The number of nitrogens with zero attached hydrogens (tertiary/aromatic N) is 3. The monoisotopic (exact) mass is 388 g/mol. The van der Waals surface area contributed by atoms with Crippen LogP contribution in [0, 0.1) is 15.5 Å². The van der Waals surface area contributed by atoms with Gasteiger partial charge in [0.2, 0.25) is 0 Å². The Bertz CT molecular complexity index is 1080. The number of rotatable bonds is 4. The van der Waals surface area contributed by atoms with E-state index in [4.69, 9.17) is 27.5 Å². The number of nitrogens with one attached hydrogen (secondary N) is 2. The maximum atomic E-state index is 12.3. The minimum atomic E-state index is -0.579. The number of halogens is 1. The third-order valence-electron chi connectivity index (χ3n) is 3.70. The average Bonchev–Trinajstić information content (AvgIpc) is 3.05. The number of amides is 1. The minimum Gasteiger partial charge on any atom is -0.455 e. The van der Waals surface area contributed by atoms with E-state index in [1.165, 1.54) is 31.4 Å². The fourth-order valence-electron chi connectivity index (χ4n) is 2.33. The summed E-state index contributed by atoms with van der Waals surface area (Å²) >= 11 is 6.25. The maximum absolute atomic E-state index is 12.3. The van der Waals surface area contributed by atoms with Crippen molar-refractivity contribution in [1.29, 1.82) is 5.41 Å². The lowest BCUT2D eigenvalue weighted by Gasteiger charge is -2.12. The van der Waals surface area contributed by atoms with Gasteiger partial charge in [-0.25, -0.2) is 0 Å². The number of H-pyrrole nitrogens is 1. The van der Waals surface area contributed by atoms with Crippen molar-refractivity contribution in [3.8, 4) is 11.5 Å². The highest BCUT2D eigenvalue weighted by Crippen LogP contribution is 2.32. The molecular formula is C16H13ClN6O4. The normalized spacial score (nSPS) is 10.6. The summed E-state index contributed by atoms with van der Waals surface area (Å²) in [6.07, 6.45) is 2.44. The number of hydrogen-bond acceptors (Lipinski definition) is 6. The molecule has 0 spiro atoms. The number of carbonyl (C=O) groups is 1.